The Bertz CT molecular complexity index is 813. The number of methoxy groups -OCH3 is 2. The maximum absolute atomic E-state index is 13.0. The van der Waals surface area contributed by atoms with Crippen molar-refractivity contribution in [2.75, 3.05) is 32.2 Å². The average molecular weight is 397 g/mol. The Labute approximate surface area is 174 Å². The van der Waals surface area contributed by atoms with Crippen LogP contribution in [0.3, 0.4) is 0 Å². The highest BCUT2D eigenvalue weighted by Gasteiger charge is 2.30. The molecule has 0 N–H and O–H groups in total. The van der Waals surface area contributed by atoms with E-state index in [1.165, 1.54) is 5.56 Å². The Kier molecular flexibility index (Phi) is 7.15. The second-order valence-corrected chi connectivity index (χ2v) is 7.92. The summed E-state index contributed by atoms with van der Waals surface area (Å²) in [5.41, 5.74) is 2.18. The lowest BCUT2D eigenvalue weighted by atomic mass is 9.99. The number of anilines is 1. The summed E-state index contributed by atoms with van der Waals surface area (Å²) in [6, 6.07) is 16.3. The second kappa shape index (κ2) is 9.79. The molecule has 5 nitrogen and oxygen atoms in total. The van der Waals surface area contributed by atoms with Crippen LogP contribution in [0.4, 0.5) is 5.69 Å². The number of piperidine rings is 1. The highest BCUT2D eigenvalue weighted by Crippen LogP contribution is 2.29. The van der Waals surface area contributed by atoms with Gasteiger partial charge in [0.05, 0.1) is 14.2 Å². The molecule has 1 heterocycles. The molecule has 156 valence electrons. The van der Waals surface area contributed by atoms with Crippen molar-refractivity contribution in [1.29, 1.82) is 0 Å². The Morgan fingerprint density at radius 3 is 2.28 bits per heavy atom. The molecule has 3 rings (SSSR count). The van der Waals surface area contributed by atoms with Gasteiger partial charge >= 0.3 is 0 Å². The third-order valence-electron chi connectivity index (χ3n) is 5.53. The molecule has 0 unspecified atom stereocenters. The van der Waals surface area contributed by atoms with Crippen LogP contribution in [-0.2, 0) is 11.3 Å². The maximum Gasteiger partial charge on any atom is 0.229 e. The van der Waals surface area contributed by atoms with Crippen LogP contribution in [0.2, 0.25) is 0 Å². The van der Waals surface area contributed by atoms with Gasteiger partial charge < -0.3 is 14.4 Å². The van der Waals surface area contributed by atoms with Crippen LogP contribution >= 0.6 is 0 Å². The molecule has 1 fully saturated rings. The number of hydrogen-bond donors (Lipinski definition) is 0. The van der Waals surface area contributed by atoms with E-state index in [4.69, 9.17) is 9.47 Å². The van der Waals surface area contributed by atoms with Gasteiger partial charge in [0.2, 0.25) is 5.91 Å². The zero-order chi connectivity index (χ0) is 20.8. The summed E-state index contributed by atoms with van der Waals surface area (Å²) in [6.45, 7) is 6.77. The van der Waals surface area contributed by atoms with E-state index in [0.717, 1.165) is 49.7 Å². The van der Waals surface area contributed by atoms with Gasteiger partial charge in [-0.15, -0.1) is 0 Å². The molecule has 0 radical (unpaired) electrons. The summed E-state index contributed by atoms with van der Waals surface area (Å²) < 4.78 is 10.7. The minimum absolute atomic E-state index is 0.0454. The van der Waals surface area contributed by atoms with Gasteiger partial charge in [0, 0.05) is 43.3 Å². The van der Waals surface area contributed by atoms with Gasteiger partial charge in [-0.2, -0.15) is 0 Å². The number of rotatable bonds is 7. The van der Waals surface area contributed by atoms with E-state index in [1.807, 2.05) is 55.1 Å². The standard InChI is InChI=1S/C24H32N2O3/c1-18(2)24(27)26(21-8-6-10-23(16-21)29-4)20-11-13-25(14-12-20)17-19-7-5-9-22(15-19)28-3/h5-10,15-16,18,20H,11-14,17H2,1-4H3. The SMILES string of the molecule is COc1cccc(CN2CCC(N(C(=O)C(C)C)c3cccc(OC)c3)CC2)c1. The first-order valence-corrected chi connectivity index (χ1v) is 10.3. The molecule has 5 heteroatoms. The third kappa shape index (κ3) is 5.30. The number of benzene rings is 2. The molecule has 0 aromatic heterocycles. The number of carbonyl (C=O) groups is 1. The number of amides is 1. The molecular weight excluding hydrogens is 364 g/mol. The van der Waals surface area contributed by atoms with Crippen molar-refractivity contribution in [3.05, 3.63) is 54.1 Å². The van der Waals surface area contributed by atoms with E-state index >= 15 is 0 Å². The molecule has 0 bridgehead atoms. The Morgan fingerprint density at radius 2 is 1.66 bits per heavy atom. The number of hydrogen-bond acceptors (Lipinski definition) is 4. The van der Waals surface area contributed by atoms with Gasteiger partial charge in [0.15, 0.2) is 0 Å². The lowest BCUT2D eigenvalue weighted by molar-refractivity contribution is -0.122. The van der Waals surface area contributed by atoms with Crippen molar-refractivity contribution < 1.29 is 14.3 Å². The highest BCUT2D eigenvalue weighted by molar-refractivity contribution is 5.95. The fourth-order valence-corrected chi connectivity index (χ4v) is 3.92. The summed E-state index contributed by atoms with van der Waals surface area (Å²) in [4.78, 5) is 17.5. The van der Waals surface area contributed by atoms with Gasteiger partial charge in [-0.05, 0) is 42.7 Å². The largest absolute Gasteiger partial charge is 0.497 e. The molecular formula is C24H32N2O3. The van der Waals surface area contributed by atoms with Gasteiger partial charge in [-0.25, -0.2) is 0 Å². The monoisotopic (exact) mass is 396 g/mol. The number of likely N-dealkylation sites (tertiary alicyclic amines) is 1. The third-order valence-corrected chi connectivity index (χ3v) is 5.53. The topological polar surface area (TPSA) is 42.0 Å². The molecule has 0 atom stereocenters. The molecule has 1 aliphatic rings. The fourth-order valence-electron chi connectivity index (χ4n) is 3.92. The van der Waals surface area contributed by atoms with Crippen molar-refractivity contribution >= 4 is 11.6 Å². The van der Waals surface area contributed by atoms with Gasteiger partial charge in [0.1, 0.15) is 11.5 Å². The summed E-state index contributed by atoms with van der Waals surface area (Å²) in [6.07, 6.45) is 1.92. The minimum Gasteiger partial charge on any atom is -0.497 e. The van der Waals surface area contributed by atoms with Gasteiger partial charge in [-0.1, -0.05) is 32.0 Å². The molecule has 1 aliphatic heterocycles. The molecule has 1 saturated heterocycles. The first kappa shape index (κ1) is 21.2. The smallest absolute Gasteiger partial charge is 0.229 e. The van der Waals surface area contributed by atoms with E-state index in [0.29, 0.717) is 0 Å². The van der Waals surface area contributed by atoms with Crippen LogP contribution in [0.25, 0.3) is 0 Å². The van der Waals surface area contributed by atoms with E-state index in [2.05, 4.69) is 17.0 Å². The van der Waals surface area contributed by atoms with Crippen molar-refractivity contribution in [2.24, 2.45) is 5.92 Å². The normalized spacial score (nSPS) is 15.3. The quantitative estimate of drug-likeness (QED) is 0.697. The summed E-state index contributed by atoms with van der Waals surface area (Å²) in [5, 5.41) is 0. The number of ether oxygens (including phenoxy) is 2. The van der Waals surface area contributed by atoms with Crippen LogP contribution < -0.4 is 14.4 Å². The maximum atomic E-state index is 13.0. The van der Waals surface area contributed by atoms with Crippen molar-refractivity contribution in [1.82, 2.24) is 4.90 Å². The van der Waals surface area contributed by atoms with E-state index in [9.17, 15) is 4.79 Å². The van der Waals surface area contributed by atoms with Gasteiger partial charge in [-0.3, -0.25) is 9.69 Å². The first-order valence-electron chi connectivity index (χ1n) is 10.3. The predicted octanol–water partition coefficient (Wildman–Crippen LogP) is 4.36. The molecule has 2 aromatic carbocycles. The Balaban J connectivity index is 1.70. The molecule has 0 spiro atoms. The number of nitrogens with zero attached hydrogens (tertiary/aromatic N) is 2. The van der Waals surface area contributed by atoms with Crippen molar-refractivity contribution in [3.63, 3.8) is 0 Å². The van der Waals surface area contributed by atoms with Gasteiger partial charge in [0.25, 0.3) is 0 Å². The van der Waals surface area contributed by atoms with Crippen LogP contribution in [0.15, 0.2) is 48.5 Å². The van der Waals surface area contributed by atoms with Crippen molar-refractivity contribution in [2.45, 2.75) is 39.3 Å². The lowest BCUT2D eigenvalue weighted by Crippen LogP contribution is -2.48. The molecule has 2 aromatic rings. The molecule has 0 aliphatic carbocycles. The summed E-state index contributed by atoms with van der Waals surface area (Å²) in [7, 11) is 3.36. The molecule has 29 heavy (non-hydrogen) atoms. The summed E-state index contributed by atoms with van der Waals surface area (Å²) >= 11 is 0. The molecule has 1 amide bonds. The second-order valence-electron chi connectivity index (χ2n) is 7.92. The van der Waals surface area contributed by atoms with Crippen LogP contribution in [0.5, 0.6) is 11.5 Å². The van der Waals surface area contributed by atoms with Crippen LogP contribution in [0.1, 0.15) is 32.3 Å². The minimum atomic E-state index is -0.0454. The molecule has 0 saturated carbocycles. The predicted molar refractivity (Wildman–Crippen MR) is 117 cm³/mol. The lowest BCUT2D eigenvalue weighted by Gasteiger charge is -2.39. The van der Waals surface area contributed by atoms with Crippen LogP contribution in [0, 0.1) is 5.92 Å². The van der Waals surface area contributed by atoms with Crippen LogP contribution in [-0.4, -0.2) is 44.2 Å². The Morgan fingerprint density at radius 1 is 1.03 bits per heavy atom. The first-order chi connectivity index (χ1) is 14.0. The highest BCUT2D eigenvalue weighted by atomic mass is 16.5. The zero-order valence-electron chi connectivity index (χ0n) is 17.9. The van der Waals surface area contributed by atoms with E-state index < -0.39 is 0 Å². The van der Waals surface area contributed by atoms with Crippen molar-refractivity contribution in [3.8, 4) is 11.5 Å². The summed E-state index contributed by atoms with van der Waals surface area (Å²) in [5.74, 6) is 1.80. The van der Waals surface area contributed by atoms with E-state index in [-0.39, 0.29) is 17.9 Å². The zero-order valence-corrected chi connectivity index (χ0v) is 17.9. The average Bonchev–Trinajstić information content (AvgIpc) is 2.75. The van der Waals surface area contributed by atoms with E-state index in [1.54, 1.807) is 14.2 Å². The fraction of sp³-hybridized carbons (Fsp3) is 0.458. The Hall–Kier alpha value is -2.53. The number of carbonyl (C=O) groups excluding carboxylic acids is 1.